The summed E-state index contributed by atoms with van der Waals surface area (Å²) in [5, 5.41) is 2.95. The van der Waals surface area contributed by atoms with Gasteiger partial charge in [-0.2, -0.15) is 0 Å². The lowest BCUT2D eigenvalue weighted by atomic mass is 10.2. The topological polar surface area (TPSA) is 55.4 Å². The highest BCUT2D eigenvalue weighted by Gasteiger charge is 2.28. The Hall–Kier alpha value is -0.590. The smallest absolute Gasteiger partial charge is 0.157 e. The third kappa shape index (κ3) is 3.70. The van der Waals surface area contributed by atoms with Gasteiger partial charge in [-0.1, -0.05) is 15.9 Å². The Bertz CT molecular complexity index is 539. The SMILES string of the molecule is COc1ccc(Br)cc1CS(=O)(=O)C1CCNCC1. The van der Waals surface area contributed by atoms with E-state index in [1.54, 1.807) is 13.2 Å². The zero-order chi connectivity index (χ0) is 13.9. The molecule has 0 aliphatic carbocycles. The summed E-state index contributed by atoms with van der Waals surface area (Å²) in [5.41, 5.74) is 0.718. The van der Waals surface area contributed by atoms with Crippen molar-refractivity contribution in [3.05, 3.63) is 28.2 Å². The molecule has 0 saturated carbocycles. The highest BCUT2D eigenvalue weighted by atomic mass is 79.9. The molecule has 19 heavy (non-hydrogen) atoms. The summed E-state index contributed by atoms with van der Waals surface area (Å²) >= 11 is 3.37. The minimum absolute atomic E-state index is 0.0419. The Balaban J connectivity index is 2.21. The van der Waals surface area contributed by atoms with Crippen molar-refractivity contribution in [2.75, 3.05) is 20.2 Å². The third-order valence-electron chi connectivity index (χ3n) is 3.39. The number of benzene rings is 1. The van der Waals surface area contributed by atoms with Gasteiger partial charge in [0, 0.05) is 10.0 Å². The van der Waals surface area contributed by atoms with Crippen LogP contribution in [-0.2, 0) is 15.6 Å². The van der Waals surface area contributed by atoms with Crippen LogP contribution in [0, 0.1) is 0 Å². The van der Waals surface area contributed by atoms with Crippen LogP contribution >= 0.6 is 15.9 Å². The number of hydrogen-bond donors (Lipinski definition) is 1. The van der Waals surface area contributed by atoms with E-state index in [-0.39, 0.29) is 11.0 Å². The molecule has 1 N–H and O–H groups in total. The van der Waals surface area contributed by atoms with E-state index in [9.17, 15) is 8.42 Å². The van der Waals surface area contributed by atoms with Crippen LogP contribution in [0.4, 0.5) is 0 Å². The molecular formula is C13H18BrNO3S. The number of rotatable bonds is 4. The molecule has 0 radical (unpaired) electrons. The van der Waals surface area contributed by atoms with Crippen LogP contribution in [0.5, 0.6) is 5.75 Å². The molecule has 1 aliphatic rings. The zero-order valence-electron chi connectivity index (χ0n) is 10.9. The van der Waals surface area contributed by atoms with Crippen molar-refractivity contribution in [1.29, 1.82) is 0 Å². The van der Waals surface area contributed by atoms with Gasteiger partial charge in [0.25, 0.3) is 0 Å². The first-order valence-corrected chi connectivity index (χ1v) is 8.78. The quantitative estimate of drug-likeness (QED) is 0.906. The highest BCUT2D eigenvalue weighted by molar-refractivity contribution is 9.10. The average molecular weight is 348 g/mol. The van der Waals surface area contributed by atoms with Crippen LogP contribution in [0.1, 0.15) is 18.4 Å². The molecule has 4 nitrogen and oxygen atoms in total. The molecule has 2 rings (SSSR count). The molecule has 0 unspecified atom stereocenters. The molecule has 1 saturated heterocycles. The highest BCUT2D eigenvalue weighted by Crippen LogP contribution is 2.27. The van der Waals surface area contributed by atoms with Crippen LogP contribution in [0.2, 0.25) is 0 Å². The van der Waals surface area contributed by atoms with Crippen molar-refractivity contribution in [3.63, 3.8) is 0 Å². The summed E-state index contributed by atoms with van der Waals surface area (Å²) in [6.45, 7) is 1.55. The lowest BCUT2D eigenvalue weighted by Crippen LogP contribution is -2.36. The van der Waals surface area contributed by atoms with Gasteiger partial charge in [0.1, 0.15) is 5.75 Å². The van der Waals surface area contributed by atoms with Gasteiger partial charge >= 0.3 is 0 Å². The number of piperidine rings is 1. The normalized spacial score (nSPS) is 17.4. The van der Waals surface area contributed by atoms with E-state index in [0.29, 0.717) is 18.6 Å². The predicted octanol–water partition coefficient (Wildman–Crippen LogP) is 2.12. The van der Waals surface area contributed by atoms with Crippen molar-refractivity contribution in [2.24, 2.45) is 0 Å². The first-order chi connectivity index (χ1) is 9.03. The number of halogens is 1. The maximum atomic E-state index is 12.4. The molecule has 0 amide bonds. The number of ether oxygens (including phenoxy) is 1. The Morgan fingerprint density at radius 3 is 2.68 bits per heavy atom. The predicted molar refractivity (Wildman–Crippen MR) is 79.2 cm³/mol. The van der Waals surface area contributed by atoms with Crippen molar-refractivity contribution in [2.45, 2.75) is 23.8 Å². The van der Waals surface area contributed by atoms with Gasteiger partial charge in [-0.05, 0) is 44.1 Å². The molecule has 0 atom stereocenters. The third-order valence-corrected chi connectivity index (χ3v) is 6.09. The molecule has 6 heteroatoms. The van der Waals surface area contributed by atoms with Crippen LogP contribution in [0.25, 0.3) is 0 Å². The van der Waals surface area contributed by atoms with Gasteiger partial charge in [0.2, 0.25) is 0 Å². The summed E-state index contributed by atoms with van der Waals surface area (Å²) in [7, 11) is -1.57. The van der Waals surface area contributed by atoms with E-state index >= 15 is 0 Å². The van der Waals surface area contributed by atoms with Crippen LogP contribution in [0.3, 0.4) is 0 Å². The van der Waals surface area contributed by atoms with Gasteiger partial charge in [0.05, 0.1) is 18.1 Å². The van der Waals surface area contributed by atoms with E-state index in [0.717, 1.165) is 23.1 Å². The lowest BCUT2D eigenvalue weighted by molar-refractivity contribution is 0.410. The number of hydrogen-bond acceptors (Lipinski definition) is 4. The van der Waals surface area contributed by atoms with Crippen LogP contribution < -0.4 is 10.1 Å². The second-order valence-corrected chi connectivity index (χ2v) is 7.91. The molecular weight excluding hydrogens is 330 g/mol. The van der Waals surface area contributed by atoms with Gasteiger partial charge in [0.15, 0.2) is 9.84 Å². The Morgan fingerprint density at radius 1 is 1.37 bits per heavy atom. The summed E-state index contributed by atoms with van der Waals surface area (Å²) < 4.78 is 31.0. The van der Waals surface area contributed by atoms with Crippen molar-refractivity contribution >= 4 is 25.8 Å². The summed E-state index contributed by atoms with van der Waals surface area (Å²) in [6.07, 6.45) is 1.39. The summed E-state index contributed by atoms with van der Waals surface area (Å²) in [5.74, 6) is 0.668. The first kappa shape index (κ1) is 14.8. The van der Waals surface area contributed by atoms with E-state index in [1.165, 1.54) is 0 Å². The van der Waals surface area contributed by atoms with E-state index < -0.39 is 9.84 Å². The van der Waals surface area contributed by atoms with Crippen molar-refractivity contribution in [3.8, 4) is 5.75 Å². The van der Waals surface area contributed by atoms with Crippen molar-refractivity contribution in [1.82, 2.24) is 5.32 Å². The Labute approximate surface area is 122 Å². The second-order valence-electron chi connectivity index (χ2n) is 4.71. The molecule has 1 aromatic carbocycles. The second kappa shape index (κ2) is 6.24. The van der Waals surface area contributed by atoms with Gasteiger partial charge in [-0.25, -0.2) is 8.42 Å². The molecule has 1 fully saturated rings. The largest absolute Gasteiger partial charge is 0.496 e. The van der Waals surface area contributed by atoms with Crippen LogP contribution in [-0.4, -0.2) is 33.9 Å². The monoisotopic (exact) mass is 347 g/mol. The summed E-state index contributed by atoms with van der Waals surface area (Å²) in [6, 6.07) is 5.45. The van der Waals surface area contributed by atoms with E-state index in [1.807, 2.05) is 12.1 Å². The fraction of sp³-hybridized carbons (Fsp3) is 0.538. The molecule has 0 bridgehead atoms. The first-order valence-electron chi connectivity index (χ1n) is 6.27. The molecule has 0 aromatic heterocycles. The van der Waals surface area contributed by atoms with Gasteiger partial charge in [-0.15, -0.1) is 0 Å². The number of sulfone groups is 1. The molecule has 1 heterocycles. The zero-order valence-corrected chi connectivity index (χ0v) is 13.3. The van der Waals surface area contributed by atoms with E-state index in [2.05, 4.69) is 21.2 Å². The molecule has 0 spiro atoms. The fourth-order valence-corrected chi connectivity index (χ4v) is 4.61. The molecule has 1 aliphatic heterocycles. The van der Waals surface area contributed by atoms with Gasteiger partial charge in [-0.3, -0.25) is 0 Å². The lowest BCUT2D eigenvalue weighted by Gasteiger charge is -2.23. The van der Waals surface area contributed by atoms with Gasteiger partial charge < -0.3 is 10.1 Å². The minimum Gasteiger partial charge on any atom is -0.496 e. The van der Waals surface area contributed by atoms with E-state index in [4.69, 9.17) is 4.74 Å². The maximum absolute atomic E-state index is 12.4. The maximum Gasteiger partial charge on any atom is 0.157 e. The Kier molecular flexibility index (Phi) is 4.86. The standard InChI is InChI=1S/C13H18BrNO3S/c1-18-13-3-2-11(14)8-10(13)9-19(16,17)12-4-6-15-7-5-12/h2-3,8,12,15H,4-7,9H2,1H3. The molecule has 106 valence electrons. The Morgan fingerprint density at radius 2 is 2.05 bits per heavy atom. The fourth-order valence-electron chi connectivity index (χ4n) is 2.35. The average Bonchev–Trinajstić information content (AvgIpc) is 2.39. The van der Waals surface area contributed by atoms with Crippen molar-refractivity contribution < 1.29 is 13.2 Å². The van der Waals surface area contributed by atoms with Crippen LogP contribution in [0.15, 0.2) is 22.7 Å². The minimum atomic E-state index is -3.13. The number of methoxy groups -OCH3 is 1. The number of nitrogens with one attached hydrogen (secondary N) is 1. The molecule has 1 aromatic rings. The summed E-state index contributed by atoms with van der Waals surface area (Å²) in [4.78, 5) is 0.